The van der Waals surface area contributed by atoms with Crippen LogP contribution in [-0.4, -0.2) is 69.8 Å². The van der Waals surface area contributed by atoms with Gasteiger partial charge in [0.15, 0.2) is 11.5 Å². The second-order valence-electron chi connectivity index (χ2n) is 12.1. The molecule has 3 fully saturated rings. The van der Waals surface area contributed by atoms with Crippen molar-refractivity contribution < 1.29 is 19.7 Å². The van der Waals surface area contributed by atoms with E-state index in [-0.39, 0.29) is 29.8 Å². The van der Waals surface area contributed by atoms with E-state index in [9.17, 15) is 15.0 Å². The Hall–Kier alpha value is -2.83. The van der Waals surface area contributed by atoms with Crippen LogP contribution in [0, 0.1) is 12.8 Å². The van der Waals surface area contributed by atoms with Crippen molar-refractivity contribution in [3.63, 3.8) is 0 Å². The topological polar surface area (TPSA) is 73.2 Å². The number of piperidine rings is 1. The summed E-state index contributed by atoms with van der Waals surface area (Å²) >= 11 is 0. The Balaban J connectivity index is 1.23. The van der Waals surface area contributed by atoms with E-state index in [1.54, 1.807) is 17.0 Å². The molecule has 2 heterocycles. The summed E-state index contributed by atoms with van der Waals surface area (Å²) in [6.07, 6.45) is 8.53. The molecule has 0 aromatic heterocycles. The van der Waals surface area contributed by atoms with E-state index < -0.39 is 11.0 Å². The average molecular weight is 501 g/mol. The first kappa shape index (κ1) is 23.3. The quantitative estimate of drug-likeness (QED) is 0.611. The van der Waals surface area contributed by atoms with E-state index in [0.717, 1.165) is 48.5 Å². The highest BCUT2D eigenvalue weighted by Crippen LogP contribution is 2.65. The monoisotopic (exact) mass is 500 g/mol. The molecule has 7 rings (SSSR count). The summed E-state index contributed by atoms with van der Waals surface area (Å²) in [4.78, 5) is 17.6. The lowest BCUT2D eigenvalue weighted by molar-refractivity contribution is -0.198. The van der Waals surface area contributed by atoms with Gasteiger partial charge in [-0.05, 0) is 74.8 Å². The number of aliphatic hydroxyl groups is 1. The van der Waals surface area contributed by atoms with Crippen LogP contribution in [-0.2, 0) is 16.6 Å². The Kier molecular flexibility index (Phi) is 5.09. The second-order valence-corrected chi connectivity index (χ2v) is 12.1. The molecule has 2 aromatic rings. The number of carbonyl (C=O) groups excluding carboxylic acids is 1. The predicted molar refractivity (Wildman–Crippen MR) is 142 cm³/mol. The number of hydrogen-bond donors (Lipinski definition) is 2. The molecule has 5 atom stereocenters. The number of nitrogens with zero attached hydrogens (tertiary/aromatic N) is 2. The number of rotatable bonds is 5. The Morgan fingerprint density at radius 2 is 2.11 bits per heavy atom. The highest BCUT2D eigenvalue weighted by atomic mass is 16.5. The van der Waals surface area contributed by atoms with Crippen molar-refractivity contribution in [1.29, 1.82) is 0 Å². The molecule has 6 heteroatoms. The summed E-state index contributed by atoms with van der Waals surface area (Å²) in [6, 6.07) is 11.7. The fourth-order valence-electron chi connectivity index (χ4n) is 8.02. The van der Waals surface area contributed by atoms with Crippen LogP contribution in [0.3, 0.4) is 0 Å². The zero-order chi connectivity index (χ0) is 25.5. The van der Waals surface area contributed by atoms with Crippen molar-refractivity contribution in [2.45, 2.75) is 74.7 Å². The maximum Gasteiger partial charge on any atom is 0.246 e. The van der Waals surface area contributed by atoms with E-state index in [1.165, 1.54) is 18.4 Å². The third-order valence-corrected chi connectivity index (χ3v) is 10.0. The summed E-state index contributed by atoms with van der Waals surface area (Å²) in [5, 5.41) is 23.5. The van der Waals surface area contributed by atoms with E-state index in [2.05, 4.69) is 11.0 Å². The fourth-order valence-corrected chi connectivity index (χ4v) is 8.02. The van der Waals surface area contributed by atoms with Gasteiger partial charge in [0, 0.05) is 43.7 Å². The Morgan fingerprint density at radius 1 is 1.27 bits per heavy atom. The van der Waals surface area contributed by atoms with Crippen molar-refractivity contribution in [2.24, 2.45) is 5.92 Å². The molecule has 6 nitrogen and oxygen atoms in total. The minimum Gasteiger partial charge on any atom is -0.504 e. The standard InChI is InChI=1S/C31H36N2O4/c1-19-4-3-5-20(14-19)8-11-27(35)32(2)23-16-26-30-12-13-33(18-21-6-7-21)25(31(30,36)17-23)15-22-9-10-24(34)29(37-26)28(22)30/h3-5,8-11,14,21,23,25-26,34,36H,6-7,12-13,15-18H2,1-2H3/t23-,25-,26+,30-,31-/m1/s1. The molecule has 2 aromatic carbocycles. The summed E-state index contributed by atoms with van der Waals surface area (Å²) in [7, 11) is 1.85. The lowest BCUT2D eigenvalue weighted by Crippen LogP contribution is -2.77. The zero-order valence-electron chi connectivity index (χ0n) is 21.7. The SMILES string of the molecule is Cc1cccc(C=CC(=O)N(C)[C@@H]2C[C@@H]3Oc4c(O)ccc5c4[C@@]34CCN(CC3CC3)[C@H](C5)[C@]4(O)C2)c1. The van der Waals surface area contributed by atoms with E-state index >= 15 is 0 Å². The number of aryl methyl sites for hydroxylation is 1. The lowest BCUT2D eigenvalue weighted by atomic mass is 9.48. The van der Waals surface area contributed by atoms with Crippen LogP contribution < -0.4 is 4.74 Å². The van der Waals surface area contributed by atoms with Gasteiger partial charge in [0.2, 0.25) is 5.91 Å². The third kappa shape index (κ3) is 3.34. The molecule has 1 saturated heterocycles. The number of aromatic hydroxyl groups is 1. The van der Waals surface area contributed by atoms with Gasteiger partial charge in [0.1, 0.15) is 6.10 Å². The molecule has 3 aliphatic carbocycles. The first-order valence-electron chi connectivity index (χ1n) is 13.8. The van der Waals surface area contributed by atoms with Crippen LogP contribution in [0.25, 0.3) is 6.08 Å². The van der Waals surface area contributed by atoms with Gasteiger partial charge in [-0.3, -0.25) is 9.69 Å². The van der Waals surface area contributed by atoms with Gasteiger partial charge in [-0.2, -0.15) is 0 Å². The van der Waals surface area contributed by atoms with Crippen LogP contribution >= 0.6 is 0 Å². The van der Waals surface area contributed by atoms with E-state index in [1.807, 2.05) is 44.3 Å². The second kappa shape index (κ2) is 8.08. The number of likely N-dealkylation sites (tertiary alicyclic amines) is 1. The molecule has 2 bridgehead atoms. The maximum atomic E-state index is 13.3. The number of hydrogen-bond acceptors (Lipinski definition) is 5. The van der Waals surface area contributed by atoms with E-state index in [4.69, 9.17) is 4.74 Å². The minimum absolute atomic E-state index is 0.00918. The average Bonchev–Trinajstić information content (AvgIpc) is 3.62. The highest BCUT2D eigenvalue weighted by molar-refractivity contribution is 5.91. The molecular weight excluding hydrogens is 464 g/mol. The molecule has 1 amide bonds. The first-order valence-corrected chi connectivity index (χ1v) is 13.8. The number of phenolic OH excluding ortho intramolecular Hbond substituents is 1. The normalized spacial score (nSPS) is 33.8. The van der Waals surface area contributed by atoms with Gasteiger partial charge < -0.3 is 19.8 Å². The molecule has 0 radical (unpaired) electrons. The Labute approximate surface area is 218 Å². The van der Waals surface area contributed by atoms with Crippen LogP contribution in [0.15, 0.2) is 42.5 Å². The van der Waals surface area contributed by atoms with Crippen LogP contribution in [0.2, 0.25) is 0 Å². The van der Waals surface area contributed by atoms with Gasteiger partial charge in [0.25, 0.3) is 0 Å². The Bertz CT molecular complexity index is 1300. The van der Waals surface area contributed by atoms with Crippen LogP contribution in [0.5, 0.6) is 11.5 Å². The highest BCUT2D eigenvalue weighted by Gasteiger charge is 2.72. The molecule has 0 unspecified atom stereocenters. The number of amides is 1. The molecule has 37 heavy (non-hydrogen) atoms. The number of ether oxygens (including phenoxy) is 1. The van der Waals surface area contributed by atoms with Gasteiger partial charge in [-0.15, -0.1) is 0 Å². The molecule has 2 saturated carbocycles. The largest absolute Gasteiger partial charge is 0.504 e. The molecule has 2 aliphatic heterocycles. The van der Waals surface area contributed by atoms with Crippen molar-refractivity contribution >= 4 is 12.0 Å². The molecular formula is C31H36N2O4. The molecule has 194 valence electrons. The number of benzene rings is 2. The van der Waals surface area contributed by atoms with Crippen molar-refractivity contribution in [2.75, 3.05) is 20.1 Å². The van der Waals surface area contributed by atoms with Gasteiger partial charge in [-0.1, -0.05) is 35.9 Å². The van der Waals surface area contributed by atoms with Crippen LogP contribution in [0.1, 0.15) is 54.4 Å². The fraction of sp³-hybridized carbons (Fsp3) is 0.516. The summed E-state index contributed by atoms with van der Waals surface area (Å²) in [5.74, 6) is 1.39. The predicted octanol–water partition coefficient (Wildman–Crippen LogP) is 3.81. The summed E-state index contributed by atoms with van der Waals surface area (Å²) in [5.41, 5.74) is 2.84. The first-order chi connectivity index (χ1) is 17.8. The summed E-state index contributed by atoms with van der Waals surface area (Å²) < 4.78 is 6.52. The van der Waals surface area contributed by atoms with Gasteiger partial charge in [0.05, 0.1) is 11.0 Å². The minimum atomic E-state index is -1.02. The maximum absolute atomic E-state index is 13.3. The van der Waals surface area contributed by atoms with E-state index in [0.29, 0.717) is 18.6 Å². The lowest BCUT2D eigenvalue weighted by Gasteiger charge is -2.64. The van der Waals surface area contributed by atoms with Crippen molar-refractivity contribution in [3.05, 3.63) is 64.7 Å². The molecule has 2 N–H and O–H groups in total. The molecule has 5 aliphatic rings. The van der Waals surface area contributed by atoms with Crippen molar-refractivity contribution in [3.8, 4) is 11.5 Å². The summed E-state index contributed by atoms with van der Waals surface area (Å²) in [6.45, 7) is 4.02. The molecule has 1 spiro atoms. The smallest absolute Gasteiger partial charge is 0.246 e. The number of likely N-dealkylation sites (N-methyl/N-ethyl adjacent to an activating group) is 1. The Morgan fingerprint density at radius 3 is 2.89 bits per heavy atom. The number of phenols is 1. The number of carbonyl (C=O) groups is 1. The van der Waals surface area contributed by atoms with Gasteiger partial charge in [-0.25, -0.2) is 0 Å². The van der Waals surface area contributed by atoms with Crippen LogP contribution in [0.4, 0.5) is 0 Å². The third-order valence-electron chi connectivity index (χ3n) is 10.0. The van der Waals surface area contributed by atoms with Gasteiger partial charge >= 0.3 is 0 Å². The zero-order valence-corrected chi connectivity index (χ0v) is 21.7. The van der Waals surface area contributed by atoms with Crippen molar-refractivity contribution in [1.82, 2.24) is 9.80 Å².